The van der Waals surface area contributed by atoms with E-state index in [4.69, 9.17) is 9.15 Å². The first-order chi connectivity index (χ1) is 7.22. The van der Waals surface area contributed by atoms with Crippen molar-refractivity contribution in [3.8, 4) is 0 Å². The number of methoxy groups -OCH3 is 1. The van der Waals surface area contributed by atoms with Crippen molar-refractivity contribution in [2.75, 3.05) is 13.7 Å². The van der Waals surface area contributed by atoms with Gasteiger partial charge in [0.25, 0.3) is 0 Å². The lowest BCUT2D eigenvalue weighted by molar-refractivity contribution is -0.119. The lowest BCUT2D eigenvalue weighted by Gasteiger charge is -2.07. The summed E-state index contributed by atoms with van der Waals surface area (Å²) in [4.78, 5) is 11.8. The monoisotopic (exact) mass is 272 g/mol. The van der Waals surface area contributed by atoms with E-state index in [1.54, 1.807) is 13.4 Å². The third-order valence-electron chi connectivity index (χ3n) is 2.81. The number of halogens is 1. The van der Waals surface area contributed by atoms with Crippen molar-refractivity contribution in [2.24, 2.45) is 5.92 Å². The molecule has 0 spiro atoms. The first-order valence-electron chi connectivity index (χ1n) is 4.97. The molecule has 2 atom stereocenters. The Morgan fingerprint density at radius 3 is 3.07 bits per heavy atom. The number of furan rings is 1. The summed E-state index contributed by atoms with van der Waals surface area (Å²) >= 11 is 3.39. The van der Waals surface area contributed by atoms with Gasteiger partial charge in [-0.25, -0.2) is 0 Å². The quantitative estimate of drug-likeness (QED) is 0.850. The topological polar surface area (TPSA) is 39.4 Å². The van der Waals surface area contributed by atoms with Crippen LogP contribution in [0.25, 0.3) is 0 Å². The second-order valence-electron chi connectivity index (χ2n) is 3.91. The molecule has 3 nitrogen and oxygen atoms in total. The van der Waals surface area contributed by atoms with Crippen LogP contribution in [0.5, 0.6) is 0 Å². The summed E-state index contributed by atoms with van der Waals surface area (Å²) in [5.74, 6) is 1.27. The summed E-state index contributed by atoms with van der Waals surface area (Å²) in [5, 5.41) is 0. The Hall–Kier alpha value is -0.610. The molecule has 0 aromatic carbocycles. The Kier molecular flexibility index (Phi) is 3.26. The van der Waals surface area contributed by atoms with Crippen molar-refractivity contribution in [1.82, 2.24) is 0 Å². The third kappa shape index (κ3) is 2.16. The van der Waals surface area contributed by atoms with Crippen molar-refractivity contribution in [3.05, 3.63) is 22.6 Å². The Balaban J connectivity index is 2.12. The number of carbonyl (C=O) groups excluding carboxylic acids is 1. The van der Waals surface area contributed by atoms with Crippen LogP contribution in [0.1, 0.15) is 24.5 Å². The van der Waals surface area contributed by atoms with Gasteiger partial charge in [-0.2, -0.15) is 0 Å². The minimum atomic E-state index is -0.0884. The highest BCUT2D eigenvalue weighted by atomic mass is 79.9. The molecular weight excluding hydrogens is 260 g/mol. The summed E-state index contributed by atoms with van der Waals surface area (Å²) < 4.78 is 11.3. The van der Waals surface area contributed by atoms with Gasteiger partial charge in [0.1, 0.15) is 11.5 Å². The number of ketones is 1. The van der Waals surface area contributed by atoms with Gasteiger partial charge in [-0.05, 0) is 34.3 Å². The zero-order valence-electron chi connectivity index (χ0n) is 8.53. The molecule has 2 unspecified atom stereocenters. The van der Waals surface area contributed by atoms with Crippen molar-refractivity contribution in [3.63, 3.8) is 0 Å². The maximum atomic E-state index is 11.8. The van der Waals surface area contributed by atoms with Crippen LogP contribution in [-0.2, 0) is 9.53 Å². The van der Waals surface area contributed by atoms with E-state index in [9.17, 15) is 4.79 Å². The molecule has 0 radical (unpaired) electrons. The Morgan fingerprint density at radius 2 is 2.47 bits per heavy atom. The van der Waals surface area contributed by atoms with Crippen molar-refractivity contribution in [1.29, 1.82) is 0 Å². The van der Waals surface area contributed by atoms with E-state index in [1.165, 1.54) is 0 Å². The number of ether oxygens (including phenoxy) is 1. The minimum absolute atomic E-state index is 0.0884. The highest BCUT2D eigenvalue weighted by Crippen LogP contribution is 2.38. The van der Waals surface area contributed by atoms with Crippen molar-refractivity contribution >= 4 is 21.7 Å². The van der Waals surface area contributed by atoms with Crippen LogP contribution in [0, 0.1) is 5.92 Å². The normalized spacial score (nSPS) is 26.1. The minimum Gasteiger partial charge on any atom is -0.467 e. The number of Topliss-reactive ketones (excluding diaryl/α,β-unsaturated/α-hetero) is 1. The molecule has 1 aromatic rings. The van der Waals surface area contributed by atoms with E-state index >= 15 is 0 Å². The SMILES string of the molecule is COCC1CC(=O)C(c2occc2Br)C1. The van der Waals surface area contributed by atoms with Crippen LogP contribution in [-0.4, -0.2) is 19.5 Å². The van der Waals surface area contributed by atoms with Crippen LogP contribution in [0.3, 0.4) is 0 Å². The number of carbonyl (C=O) groups is 1. The number of hydrogen-bond donors (Lipinski definition) is 0. The number of rotatable bonds is 3. The summed E-state index contributed by atoms with van der Waals surface area (Å²) in [7, 11) is 1.67. The van der Waals surface area contributed by atoms with Gasteiger partial charge in [-0.1, -0.05) is 0 Å². The number of hydrogen-bond acceptors (Lipinski definition) is 3. The predicted molar refractivity (Wildman–Crippen MR) is 58.8 cm³/mol. The molecule has 1 aromatic heterocycles. The lowest BCUT2D eigenvalue weighted by atomic mass is 10.0. The molecule has 1 fully saturated rings. The zero-order chi connectivity index (χ0) is 10.8. The fourth-order valence-electron chi connectivity index (χ4n) is 2.14. The fourth-order valence-corrected chi connectivity index (χ4v) is 2.62. The average molecular weight is 273 g/mol. The van der Waals surface area contributed by atoms with Crippen molar-refractivity contribution in [2.45, 2.75) is 18.8 Å². The van der Waals surface area contributed by atoms with Crippen molar-refractivity contribution < 1.29 is 13.9 Å². The zero-order valence-corrected chi connectivity index (χ0v) is 10.1. The van der Waals surface area contributed by atoms with Crippen LogP contribution >= 0.6 is 15.9 Å². The highest BCUT2D eigenvalue weighted by molar-refractivity contribution is 9.10. The molecule has 1 aliphatic rings. The van der Waals surface area contributed by atoms with Gasteiger partial charge in [-0.15, -0.1) is 0 Å². The van der Waals surface area contributed by atoms with Gasteiger partial charge in [-0.3, -0.25) is 4.79 Å². The van der Waals surface area contributed by atoms with Gasteiger partial charge < -0.3 is 9.15 Å². The largest absolute Gasteiger partial charge is 0.467 e. The lowest BCUT2D eigenvalue weighted by Crippen LogP contribution is -2.03. The van der Waals surface area contributed by atoms with Crippen LogP contribution in [0.15, 0.2) is 21.2 Å². The maximum absolute atomic E-state index is 11.8. The summed E-state index contributed by atoms with van der Waals surface area (Å²) in [6.07, 6.45) is 3.04. The molecule has 1 aliphatic carbocycles. The molecule has 0 saturated heterocycles. The van der Waals surface area contributed by atoms with Gasteiger partial charge >= 0.3 is 0 Å². The standard InChI is InChI=1S/C11H13BrO3/c1-14-6-7-4-8(10(13)5-7)11-9(12)2-3-15-11/h2-3,7-8H,4-6H2,1H3. The summed E-state index contributed by atoms with van der Waals surface area (Å²) in [6, 6.07) is 1.83. The van der Waals surface area contributed by atoms with Gasteiger partial charge in [0, 0.05) is 20.1 Å². The first-order valence-corrected chi connectivity index (χ1v) is 5.76. The van der Waals surface area contributed by atoms with Gasteiger partial charge in [0.05, 0.1) is 16.7 Å². The smallest absolute Gasteiger partial charge is 0.143 e. The second-order valence-corrected chi connectivity index (χ2v) is 4.77. The van der Waals surface area contributed by atoms with E-state index in [2.05, 4.69) is 15.9 Å². The molecule has 0 bridgehead atoms. The predicted octanol–water partition coefficient (Wildman–Crippen LogP) is 2.75. The molecule has 15 heavy (non-hydrogen) atoms. The molecule has 0 aliphatic heterocycles. The van der Waals surface area contributed by atoms with Gasteiger partial charge in [0.2, 0.25) is 0 Å². The molecule has 0 N–H and O–H groups in total. The molecule has 0 amide bonds. The van der Waals surface area contributed by atoms with Crippen LogP contribution in [0.2, 0.25) is 0 Å². The molecule has 2 rings (SSSR count). The maximum Gasteiger partial charge on any atom is 0.143 e. The van der Waals surface area contributed by atoms with E-state index in [-0.39, 0.29) is 11.7 Å². The third-order valence-corrected chi connectivity index (χ3v) is 3.47. The fraction of sp³-hybridized carbons (Fsp3) is 0.545. The summed E-state index contributed by atoms with van der Waals surface area (Å²) in [6.45, 7) is 0.653. The Bertz CT molecular complexity index is 358. The van der Waals surface area contributed by atoms with Crippen LogP contribution < -0.4 is 0 Å². The van der Waals surface area contributed by atoms with Gasteiger partial charge in [0.15, 0.2) is 0 Å². The van der Waals surface area contributed by atoms with Crippen LogP contribution in [0.4, 0.5) is 0 Å². The molecule has 4 heteroatoms. The Labute approximate surface area is 96.9 Å². The Morgan fingerprint density at radius 1 is 1.67 bits per heavy atom. The first kappa shape index (κ1) is 10.9. The van der Waals surface area contributed by atoms with E-state index in [0.29, 0.717) is 18.9 Å². The van der Waals surface area contributed by atoms with E-state index in [1.807, 2.05) is 6.07 Å². The average Bonchev–Trinajstić information content (AvgIpc) is 2.73. The molecule has 1 saturated carbocycles. The van der Waals surface area contributed by atoms with E-state index < -0.39 is 0 Å². The van der Waals surface area contributed by atoms with E-state index in [0.717, 1.165) is 16.7 Å². The molecular formula is C11H13BrO3. The highest BCUT2D eigenvalue weighted by Gasteiger charge is 2.36. The summed E-state index contributed by atoms with van der Waals surface area (Å²) in [5.41, 5.74) is 0. The molecule has 82 valence electrons. The molecule has 1 heterocycles. The second kappa shape index (κ2) is 4.49.